The smallest absolute Gasteiger partial charge is 0.188 e. The first-order valence-corrected chi connectivity index (χ1v) is 7.93. The fraction of sp³-hybridized carbons (Fsp3) is 0.588. The lowest BCUT2D eigenvalue weighted by Crippen LogP contribution is -2.33. The second-order valence-corrected chi connectivity index (χ2v) is 6.09. The van der Waals surface area contributed by atoms with Crippen molar-refractivity contribution in [1.29, 1.82) is 0 Å². The normalized spacial score (nSPS) is 15.9. The molecule has 1 aliphatic rings. The molecule has 0 radical (unpaired) electrons. The van der Waals surface area contributed by atoms with E-state index in [0.717, 1.165) is 37.1 Å². The average molecular weight is 289 g/mol. The summed E-state index contributed by atoms with van der Waals surface area (Å²) in [6, 6.07) is 8.09. The van der Waals surface area contributed by atoms with E-state index >= 15 is 0 Å². The van der Waals surface area contributed by atoms with Crippen molar-refractivity contribution in [2.45, 2.75) is 52.2 Å². The Hall–Kier alpha value is -1.71. The number of hydrogen-bond donors (Lipinski definition) is 2. The Morgan fingerprint density at radius 3 is 2.81 bits per heavy atom. The minimum absolute atomic E-state index is 0.386. The summed E-state index contributed by atoms with van der Waals surface area (Å²) in [5.74, 6) is 2.12. The third-order valence-corrected chi connectivity index (χ3v) is 3.77. The van der Waals surface area contributed by atoms with E-state index in [-0.39, 0.29) is 0 Å². The maximum absolute atomic E-state index is 6.00. The molecule has 4 heteroatoms. The Morgan fingerprint density at radius 1 is 1.38 bits per heavy atom. The number of nitrogens with two attached hydrogens (primary N) is 1. The van der Waals surface area contributed by atoms with E-state index in [4.69, 9.17) is 10.5 Å². The van der Waals surface area contributed by atoms with Gasteiger partial charge in [0.25, 0.3) is 0 Å². The molecule has 0 amide bonds. The van der Waals surface area contributed by atoms with Crippen LogP contribution >= 0.6 is 0 Å². The van der Waals surface area contributed by atoms with Crippen LogP contribution in [0.5, 0.6) is 5.75 Å². The van der Waals surface area contributed by atoms with Gasteiger partial charge in [-0.15, -0.1) is 0 Å². The number of para-hydroxylation sites is 1. The zero-order chi connectivity index (χ0) is 15.1. The molecule has 0 unspecified atom stereocenters. The molecule has 0 spiro atoms. The summed E-state index contributed by atoms with van der Waals surface area (Å²) in [5.41, 5.74) is 6.99. The third kappa shape index (κ3) is 5.29. The zero-order valence-electron chi connectivity index (χ0n) is 13.1. The van der Waals surface area contributed by atoms with Crippen LogP contribution in [0.4, 0.5) is 0 Å². The molecule has 1 aliphatic carbocycles. The van der Waals surface area contributed by atoms with Gasteiger partial charge in [-0.25, -0.2) is 4.99 Å². The lowest BCUT2D eigenvalue weighted by atomic mass is 9.96. The largest absolute Gasteiger partial charge is 0.490 e. The summed E-state index contributed by atoms with van der Waals surface area (Å²) in [7, 11) is 0. The van der Waals surface area contributed by atoms with Crippen LogP contribution in [0.2, 0.25) is 0 Å². The molecule has 1 saturated carbocycles. The SMILES string of the molecule is CC(C)CCNC(N)=NCc1ccccc1OC1CCC1. The van der Waals surface area contributed by atoms with Gasteiger partial charge in [0, 0.05) is 12.1 Å². The van der Waals surface area contributed by atoms with Gasteiger partial charge >= 0.3 is 0 Å². The van der Waals surface area contributed by atoms with E-state index < -0.39 is 0 Å². The van der Waals surface area contributed by atoms with Crippen molar-refractivity contribution in [1.82, 2.24) is 5.32 Å². The fourth-order valence-corrected chi connectivity index (χ4v) is 2.13. The van der Waals surface area contributed by atoms with Crippen LogP contribution < -0.4 is 15.8 Å². The highest BCUT2D eigenvalue weighted by Gasteiger charge is 2.19. The van der Waals surface area contributed by atoms with Gasteiger partial charge in [-0.3, -0.25) is 0 Å². The summed E-state index contributed by atoms with van der Waals surface area (Å²) >= 11 is 0. The van der Waals surface area contributed by atoms with Crippen LogP contribution in [0.25, 0.3) is 0 Å². The number of ether oxygens (including phenoxy) is 1. The monoisotopic (exact) mass is 289 g/mol. The Labute approximate surface area is 127 Å². The minimum atomic E-state index is 0.386. The van der Waals surface area contributed by atoms with Crippen LogP contribution in [0, 0.1) is 5.92 Å². The quantitative estimate of drug-likeness (QED) is 0.599. The maximum Gasteiger partial charge on any atom is 0.188 e. The van der Waals surface area contributed by atoms with E-state index in [1.165, 1.54) is 6.42 Å². The molecule has 116 valence electrons. The van der Waals surface area contributed by atoms with E-state index in [1.807, 2.05) is 18.2 Å². The van der Waals surface area contributed by atoms with Gasteiger partial charge in [-0.1, -0.05) is 32.0 Å². The van der Waals surface area contributed by atoms with Crippen LogP contribution in [0.1, 0.15) is 45.1 Å². The molecule has 4 nitrogen and oxygen atoms in total. The van der Waals surface area contributed by atoms with Crippen LogP contribution in [0.15, 0.2) is 29.3 Å². The zero-order valence-corrected chi connectivity index (χ0v) is 13.1. The van der Waals surface area contributed by atoms with Crippen molar-refractivity contribution < 1.29 is 4.74 Å². The van der Waals surface area contributed by atoms with Crippen molar-refractivity contribution in [3.8, 4) is 5.75 Å². The summed E-state index contributed by atoms with van der Waals surface area (Å²) in [6.45, 7) is 5.82. The molecule has 0 aromatic heterocycles. The van der Waals surface area contributed by atoms with Gasteiger partial charge in [-0.2, -0.15) is 0 Å². The van der Waals surface area contributed by atoms with Crippen molar-refractivity contribution in [3.63, 3.8) is 0 Å². The lowest BCUT2D eigenvalue weighted by molar-refractivity contribution is 0.119. The molecule has 2 rings (SSSR count). The average Bonchev–Trinajstić information content (AvgIpc) is 2.41. The number of nitrogens with zero attached hydrogens (tertiary/aromatic N) is 1. The number of nitrogens with one attached hydrogen (secondary N) is 1. The highest BCUT2D eigenvalue weighted by molar-refractivity contribution is 5.77. The van der Waals surface area contributed by atoms with E-state index in [2.05, 4.69) is 30.2 Å². The molecule has 0 bridgehead atoms. The van der Waals surface area contributed by atoms with E-state index in [9.17, 15) is 0 Å². The van der Waals surface area contributed by atoms with Crippen molar-refractivity contribution in [2.75, 3.05) is 6.54 Å². The number of aliphatic imine (C=N–C) groups is 1. The van der Waals surface area contributed by atoms with Gasteiger partial charge in [0.15, 0.2) is 5.96 Å². The summed E-state index contributed by atoms with van der Waals surface area (Å²) in [5, 5.41) is 3.15. The van der Waals surface area contributed by atoms with Crippen molar-refractivity contribution in [3.05, 3.63) is 29.8 Å². The Bertz CT molecular complexity index is 467. The number of benzene rings is 1. The standard InChI is InChI=1S/C17H27N3O/c1-13(2)10-11-19-17(18)20-12-14-6-3-4-9-16(14)21-15-7-5-8-15/h3-4,6,9,13,15H,5,7-8,10-12H2,1-2H3,(H3,18,19,20). The first kappa shape index (κ1) is 15.7. The molecular weight excluding hydrogens is 262 g/mol. The van der Waals surface area contributed by atoms with Crippen molar-refractivity contribution in [2.24, 2.45) is 16.6 Å². The van der Waals surface area contributed by atoms with E-state index in [1.54, 1.807) is 0 Å². The molecule has 0 atom stereocenters. The topological polar surface area (TPSA) is 59.6 Å². The number of guanidine groups is 1. The Balaban J connectivity index is 1.86. The minimum Gasteiger partial charge on any atom is -0.490 e. The second-order valence-electron chi connectivity index (χ2n) is 6.09. The molecular formula is C17H27N3O. The molecule has 1 aromatic rings. The molecule has 1 fully saturated rings. The van der Waals surface area contributed by atoms with Crippen molar-refractivity contribution >= 4 is 5.96 Å². The highest BCUT2D eigenvalue weighted by atomic mass is 16.5. The third-order valence-electron chi connectivity index (χ3n) is 3.77. The molecule has 21 heavy (non-hydrogen) atoms. The van der Waals surface area contributed by atoms with Crippen LogP contribution in [0.3, 0.4) is 0 Å². The van der Waals surface area contributed by atoms with Gasteiger partial charge in [0.2, 0.25) is 0 Å². The second kappa shape index (κ2) is 7.91. The van der Waals surface area contributed by atoms with Gasteiger partial charge in [0.05, 0.1) is 12.6 Å². The van der Waals surface area contributed by atoms with E-state index in [0.29, 0.717) is 24.5 Å². The Morgan fingerprint density at radius 2 is 2.14 bits per heavy atom. The first-order valence-electron chi connectivity index (χ1n) is 7.93. The van der Waals surface area contributed by atoms with Gasteiger partial charge in [-0.05, 0) is 37.7 Å². The highest BCUT2D eigenvalue weighted by Crippen LogP contribution is 2.27. The molecule has 1 aromatic carbocycles. The Kier molecular flexibility index (Phi) is 5.90. The fourth-order valence-electron chi connectivity index (χ4n) is 2.13. The predicted molar refractivity (Wildman–Crippen MR) is 87.5 cm³/mol. The predicted octanol–water partition coefficient (Wildman–Crippen LogP) is 3.07. The summed E-state index contributed by atoms with van der Waals surface area (Å²) in [4.78, 5) is 4.41. The molecule has 3 N–H and O–H groups in total. The number of hydrogen-bond acceptors (Lipinski definition) is 2. The van der Waals surface area contributed by atoms with Gasteiger partial charge in [0.1, 0.15) is 5.75 Å². The molecule has 0 heterocycles. The lowest BCUT2D eigenvalue weighted by Gasteiger charge is -2.27. The molecule has 0 saturated heterocycles. The van der Waals surface area contributed by atoms with Gasteiger partial charge < -0.3 is 15.8 Å². The summed E-state index contributed by atoms with van der Waals surface area (Å²) in [6.07, 6.45) is 5.08. The van der Waals surface area contributed by atoms with Crippen LogP contribution in [-0.2, 0) is 6.54 Å². The summed E-state index contributed by atoms with van der Waals surface area (Å²) < 4.78 is 6.00. The van der Waals surface area contributed by atoms with Crippen LogP contribution in [-0.4, -0.2) is 18.6 Å². The number of rotatable bonds is 7. The maximum atomic E-state index is 6.00. The molecule has 0 aliphatic heterocycles. The first-order chi connectivity index (χ1) is 10.1.